The van der Waals surface area contributed by atoms with Crippen LogP contribution in [0.5, 0.6) is 5.75 Å². The highest BCUT2D eigenvalue weighted by Gasteiger charge is 2.21. The number of ether oxygens (including phenoxy) is 1. The van der Waals surface area contributed by atoms with Gasteiger partial charge in [-0.1, -0.05) is 62.4 Å². The summed E-state index contributed by atoms with van der Waals surface area (Å²) in [5.41, 5.74) is 2.72. The highest BCUT2D eigenvalue weighted by molar-refractivity contribution is 5.35. The highest BCUT2D eigenvalue weighted by Crippen LogP contribution is 2.28. The van der Waals surface area contributed by atoms with Crippen LogP contribution >= 0.6 is 0 Å². The minimum Gasteiger partial charge on any atom is -0.490 e. The molecule has 0 N–H and O–H groups in total. The topological polar surface area (TPSA) is 12.5 Å². The van der Waals surface area contributed by atoms with Gasteiger partial charge in [0.05, 0.1) is 0 Å². The molecule has 0 bridgehead atoms. The molecular formula is C21H27NO. The first-order valence-corrected chi connectivity index (χ1v) is 8.74. The maximum atomic E-state index is 6.32. The van der Waals surface area contributed by atoms with Gasteiger partial charge in [0.25, 0.3) is 0 Å². The third kappa shape index (κ3) is 4.35. The van der Waals surface area contributed by atoms with Crippen LogP contribution in [0.3, 0.4) is 0 Å². The van der Waals surface area contributed by atoms with Crippen molar-refractivity contribution in [1.82, 2.24) is 4.90 Å². The molecule has 23 heavy (non-hydrogen) atoms. The van der Waals surface area contributed by atoms with Crippen molar-refractivity contribution in [3.8, 4) is 5.75 Å². The Hall–Kier alpha value is -1.80. The molecular weight excluding hydrogens is 282 g/mol. The molecule has 3 rings (SSSR count). The van der Waals surface area contributed by atoms with E-state index in [0.29, 0.717) is 12.0 Å². The van der Waals surface area contributed by atoms with Gasteiger partial charge in [-0.05, 0) is 36.0 Å². The predicted molar refractivity (Wildman–Crippen MR) is 95.9 cm³/mol. The molecule has 0 radical (unpaired) electrons. The fraction of sp³-hybridized carbons (Fsp3) is 0.429. The average molecular weight is 309 g/mol. The average Bonchev–Trinajstić information content (AvgIpc) is 2.58. The van der Waals surface area contributed by atoms with Gasteiger partial charge >= 0.3 is 0 Å². The second kappa shape index (κ2) is 7.65. The minimum atomic E-state index is 0.349. The quantitative estimate of drug-likeness (QED) is 0.782. The summed E-state index contributed by atoms with van der Waals surface area (Å²) in [6, 6.07) is 19.2. The van der Waals surface area contributed by atoms with E-state index in [1.807, 2.05) is 0 Å². The molecule has 2 heteroatoms. The number of hydrogen-bond donors (Lipinski definition) is 0. The fourth-order valence-corrected chi connectivity index (χ4v) is 3.27. The van der Waals surface area contributed by atoms with Gasteiger partial charge in [-0.25, -0.2) is 0 Å². The minimum absolute atomic E-state index is 0.349. The molecule has 0 aliphatic carbocycles. The standard InChI is InChI=1S/C21H27NO/c1-17(2)20-10-6-7-11-21(20)23-19-12-14-22(15-13-19)16-18-8-4-3-5-9-18/h3-11,17,19H,12-16H2,1-2H3. The Bertz CT molecular complexity index is 600. The number of nitrogens with zero attached hydrogens (tertiary/aromatic N) is 1. The van der Waals surface area contributed by atoms with E-state index in [2.05, 4.69) is 73.3 Å². The van der Waals surface area contributed by atoms with Crippen LogP contribution < -0.4 is 4.74 Å². The molecule has 0 atom stereocenters. The van der Waals surface area contributed by atoms with Crippen LogP contribution in [0.25, 0.3) is 0 Å². The third-order valence-corrected chi connectivity index (χ3v) is 4.62. The molecule has 0 saturated carbocycles. The van der Waals surface area contributed by atoms with Gasteiger partial charge in [0.1, 0.15) is 11.9 Å². The van der Waals surface area contributed by atoms with Crippen LogP contribution in [0.4, 0.5) is 0 Å². The lowest BCUT2D eigenvalue weighted by atomic mass is 10.0. The molecule has 122 valence electrons. The van der Waals surface area contributed by atoms with Crippen LogP contribution in [-0.2, 0) is 6.54 Å². The van der Waals surface area contributed by atoms with E-state index in [9.17, 15) is 0 Å². The van der Waals surface area contributed by atoms with Crippen molar-refractivity contribution in [1.29, 1.82) is 0 Å². The summed E-state index contributed by atoms with van der Waals surface area (Å²) in [5.74, 6) is 1.58. The van der Waals surface area contributed by atoms with Crippen LogP contribution in [0.1, 0.15) is 43.7 Å². The molecule has 1 aliphatic rings. The number of piperidine rings is 1. The van der Waals surface area contributed by atoms with Gasteiger partial charge in [-0.3, -0.25) is 4.90 Å². The molecule has 1 saturated heterocycles. The maximum absolute atomic E-state index is 6.32. The number of hydrogen-bond acceptors (Lipinski definition) is 2. The Morgan fingerprint density at radius 3 is 2.30 bits per heavy atom. The van der Waals surface area contributed by atoms with Crippen LogP contribution in [0, 0.1) is 0 Å². The fourth-order valence-electron chi connectivity index (χ4n) is 3.27. The molecule has 1 heterocycles. The molecule has 2 aromatic rings. The Balaban J connectivity index is 1.53. The molecule has 1 aliphatic heterocycles. The lowest BCUT2D eigenvalue weighted by Gasteiger charge is -2.32. The number of para-hydroxylation sites is 1. The normalized spacial score (nSPS) is 16.7. The van der Waals surface area contributed by atoms with E-state index in [-0.39, 0.29) is 0 Å². The lowest BCUT2D eigenvalue weighted by molar-refractivity contribution is 0.0958. The SMILES string of the molecule is CC(C)c1ccccc1OC1CCN(Cc2ccccc2)CC1. The van der Waals surface area contributed by atoms with E-state index in [1.54, 1.807) is 0 Å². The zero-order chi connectivity index (χ0) is 16.1. The summed E-state index contributed by atoms with van der Waals surface area (Å²) < 4.78 is 6.32. The van der Waals surface area contributed by atoms with Gasteiger partial charge in [-0.15, -0.1) is 0 Å². The van der Waals surface area contributed by atoms with Crippen molar-refractivity contribution in [2.45, 2.75) is 45.3 Å². The van der Waals surface area contributed by atoms with Crippen LogP contribution in [0.2, 0.25) is 0 Å². The van der Waals surface area contributed by atoms with Gasteiger partial charge in [-0.2, -0.15) is 0 Å². The summed E-state index contributed by atoms with van der Waals surface area (Å²) in [6.45, 7) is 7.73. The van der Waals surface area contributed by atoms with Crippen molar-refractivity contribution in [3.05, 3.63) is 65.7 Å². The van der Waals surface area contributed by atoms with Crippen LogP contribution in [-0.4, -0.2) is 24.1 Å². The Morgan fingerprint density at radius 1 is 0.957 bits per heavy atom. The van der Waals surface area contributed by atoms with Crippen LogP contribution in [0.15, 0.2) is 54.6 Å². The first-order valence-electron chi connectivity index (χ1n) is 8.74. The summed E-state index contributed by atoms with van der Waals surface area (Å²) in [7, 11) is 0. The monoisotopic (exact) mass is 309 g/mol. The number of likely N-dealkylation sites (tertiary alicyclic amines) is 1. The third-order valence-electron chi connectivity index (χ3n) is 4.62. The van der Waals surface area contributed by atoms with Crippen molar-refractivity contribution >= 4 is 0 Å². The van der Waals surface area contributed by atoms with Crippen molar-refractivity contribution < 1.29 is 4.74 Å². The van der Waals surface area contributed by atoms with Gasteiger partial charge in [0, 0.05) is 19.6 Å². The number of rotatable bonds is 5. The van der Waals surface area contributed by atoms with E-state index >= 15 is 0 Å². The maximum Gasteiger partial charge on any atom is 0.123 e. The second-order valence-electron chi connectivity index (χ2n) is 6.77. The molecule has 0 aromatic heterocycles. The smallest absolute Gasteiger partial charge is 0.123 e. The first-order chi connectivity index (χ1) is 11.2. The Kier molecular flexibility index (Phi) is 5.35. The molecule has 2 aromatic carbocycles. The zero-order valence-corrected chi connectivity index (χ0v) is 14.2. The summed E-state index contributed by atoms with van der Waals surface area (Å²) in [4.78, 5) is 2.53. The molecule has 2 nitrogen and oxygen atoms in total. The van der Waals surface area contributed by atoms with Gasteiger partial charge in [0.15, 0.2) is 0 Å². The van der Waals surface area contributed by atoms with Crippen molar-refractivity contribution in [3.63, 3.8) is 0 Å². The largest absolute Gasteiger partial charge is 0.490 e. The summed E-state index contributed by atoms with van der Waals surface area (Å²) in [6.07, 6.45) is 2.57. The number of benzene rings is 2. The van der Waals surface area contributed by atoms with E-state index in [4.69, 9.17) is 4.74 Å². The van der Waals surface area contributed by atoms with E-state index < -0.39 is 0 Å². The Labute approximate surface area is 140 Å². The lowest BCUT2D eigenvalue weighted by Crippen LogP contribution is -2.37. The Morgan fingerprint density at radius 2 is 1.61 bits per heavy atom. The molecule has 0 amide bonds. The molecule has 0 spiro atoms. The highest BCUT2D eigenvalue weighted by atomic mass is 16.5. The van der Waals surface area contributed by atoms with Crippen molar-refractivity contribution in [2.24, 2.45) is 0 Å². The zero-order valence-electron chi connectivity index (χ0n) is 14.2. The van der Waals surface area contributed by atoms with E-state index in [0.717, 1.165) is 38.2 Å². The van der Waals surface area contributed by atoms with Crippen molar-refractivity contribution in [2.75, 3.05) is 13.1 Å². The first kappa shape index (κ1) is 16.1. The predicted octanol–water partition coefficient (Wildman–Crippen LogP) is 4.85. The van der Waals surface area contributed by atoms with Gasteiger partial charge in [0.2, 0.25) is 0 Å². The summed E-state index contributed by atoms with van der Waals surface area (Å²) >= 11 is 0. The second-order valence-corrected chi connectivity index (χ2v) is 6.77. The summed E-state index contributed by atoms with van der Waals surface area (Å²) in [5, 5.41) is 0. The van der Waals surface area contributed by atoms with Gasteiger partial charge < -0.3 is 4.74 Å². The molecule has 0 unspecified atom stereocenters. The molecule has 1 fully saturated rings. The van der Waals surface area contributed by atoms with E-state index in [1.165, 1.54) is 11.1 Å².